The molecule has 1 heteroatoms. The Bertz CT molecular complexity index is 635. The normalized spacial score (nSPS) is 17.9. The molecule has 0 spiro atoms. The molecular formula is C17H14O. The van der Waals surface area contributed by atoms with Gasteiger partial charge >= 0.3 is 0 Å². The first-order valence-electron chi connectivity index (χ1n) is 6.07. The van der Waals surface area contributed by atoms with Gasteiger partial charge in [-0.2, -0.15) is 0 Å². The minimum atomic E-state index is 0.0225. The lowest BCUT2D eigenvalue weighted by Gasteiger charge is -2.12. The van der Waals surface area contributed by atoms with Crippen molar-refractivity contribution in [3.63, 3.8) is 0 Å². The number of allylic oxidation sites excluding steroid dienone is 1. The van der Waals surface area contributed by atoms with Crippen LogP contribution in [-0.4, -0.2) is 5.78 Å². The Morgan fingerprint density at radius 1 is 1.00 bits per heavy atom. The van der Waals surface area contributed by atoms with Gasteiger partial charge in [-0.1, -0.05) is 60.7 Å². The molecule has 0 amide bonds. The van der Waals surface area contributed by atoms with Crippen LogP contribution in [0, 0.1) is 6.92 Å². The smallest absolute Gasteiger partial charge is 0.189 e. The SMILES string of the molecule is C=C1C(=O)c2ccccc2C1c1ccc(C)cc1. The van der Waals surface area contributed by atoms with Gasteiger partial charge in [0.2, 0.25) is 0 Å². The molecule has 1 nitrogen and oxygen atoms in total. The van der Waals surface area contributed by atoms with Crippen LogP contribution in [0.2, 0.25) is 0 Å². The van der Waals surface area contributed by atoms with E-state index in [4.69, 9.17) is 0 Å². The second-order valence-electron chi connectivity index (χ2n) is 4.79. The van der Waals surface area contributed by atoms with Crippen LogP contribution < -0.4 is 0 Å². The van der Waals surface area contributed by atoms with Gasteiger partial charge in [-0.05, 0) is 18.1 Å². The van der Waals surface area contributed by atoms with Crippen molar-refractivity contribution < 1.29 is 4.79 Å². The first kappa shape index (κ1) is 11.0. The second kappa shape index (κ2) is 3.95. The Balaban J connectivity index is 2.16. The number of fused-ring (bicyclic) bond motifs is 1. The van der Waals surface area contributed by atoms with Gasteiger partial charge < -0.3 is 0 Å². The number of Topliss-reactive ketones (excluding diaryl/α,β-unsaturated/α-hetero) is 1. The van der Waals surface area contributed by atoms with E-state index in [1.807, 2.05) is 24.3 Å². The van der Waals surface area contributed by atoms with E-state index in [0.29, 0.717) is 5.57 Å². The number of benzene rings is 2. The zero-order valence-corrected chi connectivity index (χ0v) is 10.3. The highest BCUT2D eigenvalue weighted by molar-refractivity contribution is 6.14. The molecule has 0 N–H and O–H groups in total. The van der Waals surface area contributed by atoms with Gasteiger partial charge in [0.05, 0.1) is 0 Å². The largest absolute Gasteiger partial charge is 0.289 e. The Morgan fingerprint density at radius 2 is 1.67 bits per heavy atom. The number of rotatable bonds is 1. The zero-order valence-electron chi connectivity index (χ0n) is 10.3. The van der Waals surface area contributed by atoms with E-state index in [2.05, 4.69) is 37.8 Å². The van der Waals surface area contributed by atoms with Crippen molar-refractivity contribution >= 4 is 5.78 Å². The van der Waals surface area contributed by atoms with Gasteiger partial charge in [0.1, 0.15) is 0 Å². The zero-order chi connectivity index (χ0) is 12.7. The van der Waals surface area contributed by atoms with Crippen LogP contribution in [0.15, 0.2) is 60.7 Å². The molecule has 2 aromatic carbocycles. The van der Waals surface area contributed by atoms with Crippen LogP contribution in [0.1, 0.15) is 33.0 Å². The molecule has 0 bridgehead atoms. The quantitative estimate of drug-likeness (QED) is 0.684. The summed E-state index contributed by atoms with van der Waals surface area (Å²) in [6.45, 7) is 6.04. The van der Waals surface area contributed by atoms with Crippen LogP contribution in [-0.2, 0) is 0 Å². The summed E-state index contributed by atoms with van der Waals surface area (Å²) in [4.78, 5) is 12.1. The average Bonchev–Trinajstić information content (AvgIpc) is 2.64. The van der Waals surface area contributed by atoms with Crippen molar-refractivity contribution in [2.45, 2.75) is 12.8 Å². The third-order valence-electron chi connectivity index (χ3n) is 3.57. The van der Waals surface area contributed by atoms with Gasteiger partial charge in [0, 0.05) is 17.1 Å². The van der Waals surface area contributed by atoms with Crippen LogP contribution in [0.3, 0.4) is 0 Å². The predicted molar refractivity (Wildman–Crippen MR) is 72.9 cm³/mol. The summed E-state index contributed by atoms with van der Waals surface area (Å²) in [5, 5.41) is 0. The number of ketones is 1. The number of carbonyl (C=O) groups is 1. The predicted octanol–water partition coefficient (Wildman–Crippen LogP) is 3.88. The van der Waals surface area contributed by atoms with Crippen molar-refractivity contribution in [1.29, 1.82) is 0 Å². The van der Waals surface area contributed by atoms with Gasteiger partial charge in [-0.25, -0.2) is 0 Å². The molecule has 18 heavy (non-hydrogen) atoms. The highest BCUT2D eigenvalue weighted by Gasteiger charge is 2.33. The van der Waals surface area contributed by atoms with Crippen molar-refractivity contribution in [3.8, 4) is 0 Å². The molecule has 0 saturated heterocycles. The Morgan fingerprint density at radius 3 is 2.39 bits per heavy atom. The molecule has 0 heterocycles. The summed E-state index contributed by atoms with van der Waals surface area (Å²) in [7, 11) is 0. The maximum absolute atomic E-state index is 12.1. The molecule has 0 fully saturated rings. The number of hydrogen-bond acceptors (Lipinski definition) is 1. The summed E-state index contributed by atoms with van der Waals surface area (Å²) in [5.41, 5.74) is 4.93. The second-order valence-corrected chi connectivity index (χ2v) is 4.79. The third kappa shape index (κ3) is 1.52. The molecule has 88 valence electrons. The van der Waals surface area contributed by atoms with Crippen LogP contribution >= 0.6 is 0 Å². The molecular weight excluding hydrogens is 220 g/mol. The van der Waals surface area contributed by atoms with Gasteiger partial charge in [0.25, 0.3) is 0 Å². The molecule has 0 saturated carbocycles. The fourth-order valence-corrected chi connectivity index (χ4v) is 2.59. The first-order valence-corrected chi connectivity index (χ1v) is 6.07. The summed E-state index contributed by atoms with van der Waals surface area (Å²) in [6, 6.07) is 16.1. The third-order valence-corrected chi connectivity index (χ3v) is 3.57. The minimum Gasteiger partial charge on any atom is -0.289 e. The molecule has 3 rings (SSSR count). The van der Waals surface area contributed by atoms with Crippen molar-refractivity contribution in [3.05, 3.63) is 82.9 Å². The highest BCUT2D eigenvalue weighted by Crippen LogP contribution is 2.40. The highest BCUT2D eigenvalue weighted by atomic mass is 16.1. The summed E-state index contributed by atoms with van der Waals surface area (Å²) < 4.78 is 0. The van der Waals surface area contributed by atoms with Crippen molar-refractivity contribution in [1.82, 2.24) is 0 Å². The molecule has 1 atom stereocenters. The monoisotopic (exact) mass is 234 g/mol. The van der Waals surface area contributed by atoms with Crippen molar-refractivity contribution in [2.24, 2.45) is 0 Å². The Hall–Kier alpha value is -2.15. The molecule has 1 aliphatic carbocycles. The lowest BCUT2D eigenvalue weighted by atomic mass is 9.90. The molecule has 0 aliphatic heterocycles. The maximum Gasteiger partial charge on any atom is 0.189 e. The lowest BCUT2D eigenvalue weighted by Crippen LogP contribution is -2.00. The summed E-state index contributed by atoms with van der Waals surface area (Å²) in [6.07, 6.45) is 0. The molecule has 1 aliphatic rings. The van der Waals surface area contributed by atoms with E-state index in [-0.39, 0.29) is 11.7 Å². The minimum absolute atomic E-state index is 0.0225. The Kier molecular flexibility index (Phi) is 2.41. The van der Waals surface area contributed by atoms with E-state index in [9.17, 15) is 4.79 Å². The van der Waals surface area contributed by atoms with Gasteiger partial charge in [0.15, 0.2) is 5.78 Å². The van der Waals surface area contributed by atoms with Gasteiger partial charge in [-0.3, -0.25) is 4.79 Å². The fourth-order valence-electron chi connectivity index (χ4n) is 2.59. The molecule has 2 aromatic rings. The maximum atomic E-state index is 12.1. The molecule has 0 aromatic heterocycles. The van der Waals surface area contributed by atoms with Crippen LogP contribution in [0.25, 0.3) is 0 Å². The molecule has 1 unspecified atom stereocenters. The van der Waals surface area contributed by atoms with E-state index in [0.717, 1.165) is 16.7 Å². The van der Waals surface area contributed by atoms with Crippen LogP contribution in [0.5, 0.6) is 0 Å². The number of carbonyl (C=O) groups excluding carboxylic acids is 1. The van der Waals surface area contributed by atoms with Crippen molar-refractivity contribution in [2.75, 3.05) is 0 Å². The van der Waals surface area contributed by atoms with Gasteiger partial charge in [-0.15, -0.1) is 0 Å². The number of aryl methyl sites for hydroxylation is 1. The summed E-state index contributed by atoms with van der Waals surface area (Å²) >= 11 is 0. The van der Waals surface area contributed by atoms with E-state index in [1.165, 1.54) is 5.56 Å². The Labute approximate surface area is 107 Å². The molecule has 0 radical (unpaired) electrons. The lowest BCUT2D eigenvalue weighted by molar-refractivity contribution is 0.103. The van der Waals surface area contributed by atoms with E-state index in [1.54, 1.807) is 0 Å². The number of hydrogen-bond donors (Lipinski definition) is 0. The van der Waals surface area contributed by atoms with Crippen LogP contribution in [0.4, 0.5) is 0 Å². The first-order chi connectivity index (χ1) is 8.68. The average molecular weight is 234 g/mol. The topological polar surface area (TPSA) is 17.1 Å². The standard InChI is InChI=1S/C17H14O/c1-11-7-9-13(10-8-11)16-12(2)17(18)15-6-4-3-5-14(15)16/h3-10,16H,2H2,1H3. The van der Waals surface area contributed by atoms with E-state index < -0.39 is 0 Å². The fraction of sp³-hybridized carbons (Fsp3) is 0.118. The summed E-state index contributed by atoms with van der Waals surface area (Å²) in [5.74, 6) is 0.102. The van der Waals surface area contributed by atoms with E-state index >= 15 is 0 Å².